The van der Waals surface area contributed by atoms with Crippen molar-refractivity contribution in [3.8, 4) is 17.2 Å². The Morgan fingerprint density at radius 1 is 1.42 bits per heavy atom. The number of H-pyrrole nitrogens is 1. The van der Waals surface area contributed by atoms with E-state index < -0.39 is 41.0 Å². The number of ether oxygens (including phenoxy) is 3. The SMILES string of the molecule is [2H]c1nc(C([2H])([2H])S(=O)c2nc3ccc(OC([2H])(F)F)cc3[nH]2)c(OC)c(OC)c1[2H]. The van der Waals surface area contributed by atoms with Crippen molar-refractivity contribution in [1.29, 1.82) is 0 Å². The Hall–Kier alpha value is -2.75. The molecule has 1 aromatic carbocycles. The number of nitrogens with zero attached hydrogens (tertiary/aromatic N) is 2. The first-order valence-corrected chi connectivity index (χ1v) is 8.12. The van der Waals surface area contributed by atoms with Gasteiger partial charge in [-0.3, -0.25) is 9.19 Å². The monoisotopic (exact) mass is 388 g/mol. The minimum atomic E-state index is -4.16. The highest BCUT2D eigenvalue weighted by Crippen LogP contribution is 2.30. The molecule has 0 amide bonds. The highest BCUT2D eigenvalue weighted by atomic mass is 32.2. The summed E-state index contributed by atoms with van der Waals surface area (Å²) in [6, 6.07) is 3.05. The van der Waals surface area contributed by atoms with Crippen molar-refractivity contribution in [1.82, 2.24) is 15.0 Å². The number of methoxy groups -OCH3 is 2. The third kappa shape index (κ3) is 3.74. The largest absolute Gasteiger partial charge is 0.493 e. The first-order chi connectivity index (χ1) is 14.4. The summed E-state index contributed by atoms with van der Waals surface area (Å²) >= 11 is 0. The Bertz CT molecular complexity index is 1170. The fraction of sp³-hybridized carbons (Fsp3) is 0.250. The van der Waals surface area contributed by atoms with Crippen LogP contribution in [0.15, 0.2) is 35.6 Å². The summed E-state index contributed by atoms with van der Waals surface area (Å²) in [5, 5.41) is -0.348. The van der Waals surface area contributed by atoms with E-state index in [2.05, 4.69) is 19.7 Å². The molecule has 0 aliphatic carbocycles. The van der Waals surface area contributed by atoms with E-state index in [1.807, 2.05) is 0 Å². The van der Waals surface area contributed by atoms with Crippen LogP contribution in [0.5, 0.6) is 17.2 Å². The van der Waals surface area contributed by atoms with Gasteiger partial charge in [-0.05, 0) is 12.1 Å². The Labute approximate surface area is 156 Å². The number of benzene rings is 1. The number of aromatic amines is 1. The van der Waals surface area contributed by atoms with Gasteiger partial charge < -0.3 is 19.2 Å². The van der Waals surface area contributed by atoms with Crippen molar-refractivity contribution < 1.29 is 34.1 Å². The smallest absolute Gasteiger partial charge is 0.387 e. The number of hydrogen-bond donors (Lipinski definition) is 1. The van der Waals surface area contributed by atoms with Crippen LogP contribution in [0.4, 0.5) is 8.78 Å². The van der Waals surface area contributed by atoms with Crippen LogP contribution in [0.1, 0.15) is 12.5 Å². The number of imidazole rings is 1. The van der Waals surface area contributed by atoms with Gasteiger partial charge in [0.05, 0.1) is 50.2 Å². The molecule has 0 spiro atoms. The van der Waals surface area contributed by atoms with Crippen LogP contribution in [0.2, 0.25) is 0 Å². The van der Waals surface area contributed by atoms with Gasteiger partial charge in [0.2, 0.25) is 0 Å². The fourth-order valence-corrected chi connectivity index (χ4v) is 2.89. The maximum absolute atomic E-state index is 13.0. The van der Waals surface area contributed by atoms with Gasteiger partial charge in [0.15, 0.2) is 18.0 Å². The number of rotatable bonds is 7. The number of fused-ring (bicyclic) bond motifs is 1. The van der Waals surface area contributed by atoms with Gasteiger partial charge >= 0.3 is 6.59 Å². The molecule has 1 N–H and O–H groups in total. The summed E-state index contributed by atoms with van der Waals surface area (Å²) in [6.07, 6.45) is -0.615. The number of alkyl halides is 2. The average molecular weight is 388 g/mol. The van der Waals surface area contributed by atoms with Crippen molar-refractivity contribution in [2.24, 2.45) is 0 Å². The van der Waals surface area contributed by atoms with Crippen LogP contribution in [0.3, 0.4) is 0 Å². The van der Waals surface area contributed by atoms with E-state index in [4.69, 9.17) is 16.3 Å². The van der Waals surface area contributed by atoms with Crippen LogP contribution in [-0.2, 0) is 16.5 Å². The number of nitrogens with one attached hydrogen (secondary N) is 1. The summed E-state index contributed by atoms with van der Waals surface area (Å²) in [5.74, 6) is -0.901. The number of pyridine rings is 1. The Morgan fingerprint density at radius 3 is 2.92 bits per heavy atom. The summed E-state index contributed by atoms with van der Waals surface area (Å²) in [4.78, 5) is 10.3. The first kappa shape index (κ1) is 12.6. The van der Waals surface area contributed by atoms with Gasteiger partial charge in [-0.2, -0.15) is 8.78 Å². The molecule has 0 fully saturated rings. The van der Waals surface area contributed by atoms with E-state index in [-0.39, 0.29) is 33.4 Å². The van der Waals surface area contributed by atoms with E-state index in [0.717, 1.165) is 12.1 Å². The van der Waals surface area contributed by atoms with E-state index in [0.29, 0.717) is 0 Å². The van der Waals surface area contributed by atoms with Crippen LogP contribution >= 0.6 is 0 Å². The second-order valence-electron chi connectivity index (χ2n) is 4.68. The average Bonchev–Trinajstić information content (AvgIpc) is 3.10. The molecule has 0 aliphatic rings. The van der Waals surface area contributed by atoms with Crippen LogP contribution in [0.25, 0.3) is 11.0 Å². The lowest BCUT2D eigenvalue weighted by molar-refractivity contribution is -0.0497. The Balaban J connectivity index is 2.06. The van der Waals surface area contributed by atoms with Crippen LogP contribution < -0.4 is 14.2 Å². The summed E-state index contributed by atoms with van der Waals surface area (Å²) in [7, 11) is -0.166. The predicted octanol–water partition coefficient (Wildman–Crippen LogP) is 2.88. The highest BCUT2D eigenvalue weighted by Gasteiger charge is 2.17. The molecule has 10 heteroatoms. The minimum absolute atomic E-state index is 0.112. The van der Waals surface area contributed by atoms with Crippen molar-refractivity contribution in [3.63, 3.8) is 0 Å². The second kappa shape index (κ2) is 7.65. The van der Waals surface area contributed by atoms with Gasteiger partial charge in [-0.25, -0.2) is 4.98 Å². The molecule has 0 saturated heterocycles. The molecular formula is C16H15F2N3O4S. The lowest BCUT2D eigenvalue weighted by Gasteiger charge is -2.10. The Morgan fingerprint density at radius 2 is 2.23 bits per heavy atom. The molecule has 2 aromatic heterocycles. The number of aromatic nitrogens is 3. The molecule has 0 bridgehead atoms. The molecule has 1 unspecified atom stereocenters. The van der Waals surface area contributed by atoms with Crippen molar-refractivity contribution in [2.75, 3.05) is 14.2 Å². The van der Waals surface area contributed by atoms with Gasteiger partial charge in [0.25, 0.3) is 0 Å². The van der Waals surface area contributed by atoms with Gasteiger partial charge in [0, 0.05) is 21.0 Å². The molecule has 0 saturated carbocycles. The summed E-state index contributed by atoms with van der Waals surface area (Å²) < 4.78 is 91.6. The first-order valence-electron chi connectivity index (χ1n) is 9.47. The minimum Gasteiger partial charge on any atom is -0.493 e. The zero-order valence-electron chi connectivity index (χ0n) is 18.4. The molecule has 26 heavy (non-hydrogen) atoms. The quantitative estimate of drug-likeness (QED) is 0.670. The summed E-state index contributed by atoms with van der Waals surface area (Å²) in [5.41, 5.74) is -2.99. The molecule has 138 valence electrons. The molecule has 0 aliphatic heterocycles. The van der Waals surface area contributed by atoms with Gasteiger partial charge in [0.1, 0.15) is 5.75 Å². The second-order valence-corrected chi connectivity index (χ2v) is 5.81. The lowest BCUT2D eigenvalue weighted by Crippen LogP contribution is -2.04. The van der Waals surface area contributed by atoms with Crippen molar-refractivity contribution in [3.05, 3.63) is 36.1 Å². The zero-order chi connectivity index (χ0) is 23.1. The van der Waals surface area contributed by atoms with E-state index in [1.54, 1.807) is 0 Å². The number of halogens is 2. The van der Waals surface area contributed by atoms with Crippen LogP contribution in [-0.4, -0.2) is 40.0 Å². The molecule has 0 radical (unpaired) electrons. The molecular weight excluding hydrogens is 368 g/mol. The van der Waals surface area contributed by atoms with E-state index in [9.17, 15) is 13.0 Å². The maximum Gasteiger partial charge on any atom is 0.387 e. The van der Waals surface area contributed by atoms with Gasteiger partial charge in [-0.1, -0.05) is 0 Å². The Kier molecular flexibility index (Phi) is 3.70. The van der Waals surface area contributed by atoms with E-state index >= 15 is 0 Å². The predicted molar refractivity (Wildman–Crippen MR) is 90.2 cm³/mol. The lowest BCUT2D eigenvalue weighted by atomic mass is 10.3. The summed E-state index contributed by atoms with van der Waals surface area (Å²) in [6.45, 7) is -4.16. The number of hydrogen-bond acceptors (Lipinski definition) is 6. The third-order valence-corrected chi connectivity index (χ3v) is 4.08. The fourth-order valence-electron chi connectivity index (χ4n) is 2.09. The normalized spacial score (nSPS) is 16.1. The maximum atomic E-state index is 13.0. The van der Waals surface area contributed by atoms with Gasteiger partial charge in [-0.15, -0.1) is 0 Å². The molecule has 7 nitrogen and oxygen atoms in total. The topological polar surface area (TPSA) is 86.3 Å². The molecule has 3 rings (SSSR count). The van der Waals surface area contributed by atoms with Crippen LogP contribution in [0, 0.1) is 0 Å². The zero-order valence-corrected chi connectivity index (χ0v) is 14.2. The van der Waals surface area contributed by atoms with Crippen molar-refractivity contribution >= 4 is 21.8 Å². The highest BCUT2D eigenvalue weighted by molar-refractivity contribution is 7.84. The van der Waals surface area contributed by atoms with E-state index in [1.165, 1.54) is 20.3 Å². The molecule has 2 heterocycles. The molecule has 3 aromatic rings. The third-order valence-electron chi connectivity index (χ3n) is 3.16. The standard InChI is InChI=1S/C16H15F2N3O4S/c1-23-13-5-6-19-12(14(13)24-2)8-26(22)16-20-10-4-3-9(25-15(17)18)7-11(10)21-16/h3-7,15H,8H2,1-2H3,(H,20,21)/i5D,6D,8D2,15D. The van der Waals surface area contributed by atoms with Crippen molar-refractivity contribution in [2.45, 2.75) is 17.4 Å². The molecule has 1 atom stereocenters.